The molecule has 0 aromatic heterocycles. The first-order chi connectivity index (χ1) is 6.67. The molecular weight excluding hydrogens is 178 g/mol. The normalized spacial score (nSPS) is 28.3. The molecular formula is C11H23NO2. The van der Waals surface area contributed by atoms with E-state index >= 15 is 0 Å². The summed E-state index contributed by atoms with van der Waals surface area (Å²) in [6.07, 6.45) is 4.61. The molecule has 3 N–H and O–H groups in total. The molecule has 0 aromatic rings. The molecule has 0 spiro atoms. The van der Waals surface area contributed by atoms with Gasteiger partial charge < -0.3 is 15.5 Å². The van der Waals surface area contributed by atoms with Crippen LogP contribution >= 0.6 is 0 Å². The lowest BCUT2D eigenvalue weighted by Gasteiger charge is -2.35. The predicted molar refractivity (Wildman–Crippen MR) is 57.2 cm³/mol. The third-order valence-electron chi connectivity index (χ3n) is 3.63. The highest BCUT2D eigenvalue weighted by Crippen LogP contribution is 2.24. The van der Waals surface area contributed by atoms with Gasteiger partial charge in [-0.3, -0.25) is 0 Å². The van der Waals surface area contributed by atoms with Crippen LogP contribution in [0, 0.1) is 0 Å². The van der Waals surface area contributed by atoms with Crippen LogP contribution in [-0.4, -0.2) is 34.5 Å². The van der Waals surface area contributed by atoms with Gasteiger partial charge in [-0.25, -0.2) is 0 Å². The van der Waals surface area contributed by atoms with Crippen LogP contribution in [0.5, 0.6) is 0 Å². The molecule has 0 aliphatic heterocycles. The maximum absolute atomic E-state index is 9.69. The fourth-order valence-electron chi connectivity index (χ4n) is 2.23. The van der Waals surface area contributed by atoms with Crippen molar-refractivity contribution in [1.29, 1.82) is 0 Å². The van der Waals surface area contributed by atoms with E-state index in [-0.39, 0.29) is 24.3 Å². The molecule has 0 heterocycles. The van der Waals surface area contributed by atoms with Crippen molar-refractivity contribution in [2.24, 2.45) is 0 Å². The lowest BCUT2D eigenvalue weighted by Crippen LogP contribution is -2.54. The number of nitrogens with one attached hydrogen (secondary N) is 1. The van der Waals surface area contributed by atoms with Gasteiger partial charge in [0.1, 0.15) is 0 Å². The van der Waals surface area contributed by atoms with Crippen molar-refractivity contribution < 1.29 is 10.2 Å². The minimum absolute atomic E-state index is 0.156. The highest BCUT2D eigenvalue weighted by molar-refractivity contribution is 4.93. The average Bonchev–Trinajstić information content (AvgIpc) is 2.61. The van der Waals surface area contributed by atoms with Crippen LogP contribution in [0.3, 0.4) is 0 Å². The summed E-state index contributed by atoms with van der Waals surface area (Å²) < 4.78 is 0. The maximum atomic E-state index is 9.69. The Bertz CT molecular complexity index is 160. The predicted octanol–water partition coefficient (Wildman–Crippen LogP) is 1.04. The molecule has 2 atom stereocenters. The van der Waals surface area contributed by atoms with Gasteiger partial charge in [0.2, 0.25) is 0 Å². The van der Waals surface area contributed by atoms with Gasteiger partial charge in [0.05, 0.1) is 12.7 Å². The van der Waals surface area contributed by atoms with Gasteiger partial charge in [0, 0.05) is 11.6 Å². The monoisotopic (exact) mass is 201 g/mol. The number of hydrogen-bond donors (Lipinski definition) is 3. The number of rotatable bonds is 5. The fourth-order valence-corrected chi connectivity index (χ4v) is 2.23. The van der Waals surface area contributed by atoms with Gasteiger partial charge >= 0.3 is 0 Å². The average molecular weight is 201 g/mol. The Kier molecular flexibility index (Phi) is 4.35. The Balaban J connectivity index is 2.54. The Labute approximate surface area is 86.5 Å². The standard InChI is InChI=1S/C11H23NO2/c1-3-11(4-2,8-13)12-9-6-5-7-10(9)14/h9-10,12-14H,3-8H2,1-2H3. The Hall–Kier alpha value is -0.120. The molecule has 1 fully saturated rings. The van der Waals surface area contributed by atoms with E-state index in [1.165, 1.54) is 0 Å². The van der Waals surface area contributed by atoms with Crippen LogP contribution in [0.25, 0.3) is 0 Å². The van der Waals surface area contributed by atoms with Gasteiger partial charge in [0.25, 0.3) is 0 Å². The minimum Gasteiger partial charge on any atom is -0.394 e. The molecule has 14 heavy (non-hydrogen) atoms. The van der Waals surface area contributed by atoms with Crippen molar-refractivity contribution in [2.75, 3.05) is 6.61 Å². The van der Waals surface area contributed by atoms with E-state index in [1.807, 2.05) is 0 Å². The smallest absolute Gasteiger partial charge is 0.0693 e. The molecule has 2 unspecified atom stereocenters. The molecule has 0 radical (unpaired) electrons. The molecule has 1 aliphatic rings. The summed E-state index contributed by atoms with van der Waals surface area (Å²) in [4.78, 5) is 0. The molecule has 1 aliphatic carbocycles. The van der Waals surface area contributed by atoms with Gasteiger partial charge in [-0.2, -0.15) is 0 Å². The Morgan fingerprint density at radius 2 is 1.93 bits per heavy atom. The van der Waals surface area contributed by atoms with Crippen LogP contribution in [0.2, 0.25) is 0 Å². The summed E-state index contributed by atoms with van der Waals surface area (Å²) >= 11 is 0. The molecule has 0 saturated heterocycles. The molecule has 84 valence electrons. The lowest BCUT2D eigenvalue weighted by molar-refractivity contribution is 0.0907. The topological polar surface area (TPSA) is 52.5 Å². The van der Waals surface area contributed by atoms with Crippen LogP contribution in [0.4, 0.5) is 0 Å². The van der Waals surface area contributed by atoms with Crippen molar-refractivity contribution in [2.45, 2.75) is 63.6 Å². The second kappa shape index (κ2) is 5.10. The number of aliphatic hydroxyl groups excluding tert-OH is 2. The molecule has 1 saturated carbocycles. The summed E-state index contributed by atoms with van der Waals surface area (Å²) in [6.45, 7) is 4.31. The van der Waals surface area contributed by atoms with Crippen molar-refractivity contribution in [3.05, 3.63) is 0 Å². The molecule has 0 amide bonds. The van der Waals surface area contributed by atoms with E-state index in [0.29, 0.717) is 0 Å². The van der Waals surface area contributed by atoms with E-state index in [9.17, 15) is 10.2 Å². The summed E-state index contributed by atoms with van der Waals surface area (Å²) in [7, 11) is 0. The first kappa shape index (κ1) is 12.0. The largest absolute Gasteiger partial charge is 0.394 e. The third-order valence-corrected chi connectivity index (χ3v) is 3.63. The van der Waals surface area contributed by atoms with Gasteiger partial charge in [-0.1, -0.05) is 13.8 Å². The SMILES string of the molecule is CCC(CC)(CO)NC1CCCC1O. The van der Waals surface area contributed by atoms with E-state index in [2.05, 4.69) is 19.2 Å². The van der Waals surface area contributed by atoms with Crippen molar-refractivity contribution in [3.8, 4) is 0 Å². The van der Waals surface area contributed by atoms with Crippen LogP contribution < -0.4 is 5.32 Å². The first-order valence-corrected chi connectivity index (χ1v) is 5.74. The second-order valence-electron chi connectivity index (χ2n) is 4.39. The van der Waals surface area contributed by atoms with Crippen LogP contribution in [-0.2, 0) is 0 Å². The van der Waals surface area contributed by atoms with Gasteiger partial charge in [0.15, 0.2) is 0 Å². The van der Waals surface area contributed by atoms with E-state index in [4.69, 9.17) is 0 Å². The molecule has 3 heteroatoms. The van der Waals surface area contributed by atoms with E-state index in [1.54, 1.807) is 0 Å². The van der Waals surface area contributed by atoms with Gasteiger partial charge in [-0.15, -0.1) is 0 Å². The zero-order valence-electron chi connectivity index (χ0n) is 9.29. The van der Waals surface area contributed by atoms with Crippen molar-refractivity contribution in [1.82, 2.24) is 5.32 Å². The summed E-state index contributed by atoms with van der Waals surface area (Å²) in [5.74, 6) is 0. The van der Waals surface area contributed by atoms with Crippen molar-refractivity contribution >= 4 is 0 Å². The van der Waals surface area contributed by atoms with Crippen molar-refractivity contribution in [3.63, 3.8) is 0 Å². The first-order valence-electron chi connectivity index (χ1n) is 5.74. The van der Waals surface area contributed by atoms with E-state index < -0.39 is 0 Å². The maximum Gasteiger partial charge on any atom is 0.0693 e. The molecule has 3 nitrogen and oxygen atoms in total. The zero-order valence-corrected chi connectivity index (χ0v) is 9.29. The summed E-state index contributed by atoms with van der Waals surface area (Å²) in [5, 5.41) is 22.5. The molecule has 0 aromatic carbocycles. The Morgan fingerprint density at radius 1 is 1.29 bits per heavy atom. The highest BCUT2D eigenvalue weighted by Gasteiger charge is 2.33. The highest BCUT2D eigenvalue weighted by atomic mass is 16.3. The Morgan fingerprint density at radius 3 is 2.29 bits per heavy atom. The third kappa shape index (κ3) is 2.47. The number of hydrogen-bond acceptors (Lipinski definition) is 3. The summed E-state index contributed by atoms with van der Waals surface area (Å²) in [5.41, 5.74) is -0.185. The quantitative estimate of drug-likeness (QED) is 0.623. The molecule has 1 rings (SSSR count). The van der Waals surface area contributed by atoms with Crippen LogP contribution in [0.15, 0.2) is 0 Å². The minimum atomic E-state index is -0.223. The molecule has 0 bridgehead atoms. The second-order valence-corrected chi connectivity index (χ2v) is 4.39. The van der Waals surface area contributed by atoms with Gasteiger partial charge in [-0.05, 0) is 32.1 Å². The summed E-state index contributed by atoms with van der Waals surface area (Å²) in [6, 6.07) is 0.182. The number of aliphatic hydroxyl groups is 2. The van der Waals surface area contributed by atoms with Crippen LogP contribution in [0.1, 0.15) is 46.0 Å². The zero-order chi connectivity index (χ0) is 10.6. The van der Waals surface area contributed by atoms with E-state index in [0.717, 1.165) is 32.1 Å². The fraction of sp³-hybridized carbons (Fsp3) is 1.00. The lowest BCUT2D eigenvalue weighted by atomic mass is 9.92.